The van der Waals surface area contributed by atoms with Gasteiger partial charge in [-0.05, 0) is 54.1 Å². The van der Waals surface area contributed by atoms with Gasteiger partial charge >= 0.3 is 0 Å². The van der Waals surface area contributed by atoms with E-state index in [9.17, 15) is 9.59 Å². The number of amides is 2. The molecule has 0 bridgehead atoms. The van der Waals surface area contributed by atoms with Crippen molar-refractivity contribution >= 4 is 40.6 Å². The zero-order valence-electron chi connectivity index (χ0n) is 13.5. The van der Waals surface area contributed by atoms with Gasteiger partial charge in [0.25, 0.3) is 11.1 Å². The normalized spacial score (nSPS) is 25.8. The van der Waals surface area contributed by atoms with E-state index in [-0.39, 0.29) is 11.1 Å². The number of rotatable bonds is 4. The predicted molar refractivity (Wildman–Crippen MR) is 97.2 cm³/mol. The summed E-state index contributed by atoms with van der Waals surface area (Å²) in [6.45, 7) is 2.97. The molecule has 0 aromatic heterocycles. The van der Waals surface area contributed by atoms with Crippen molar-refractivity contribution in [3.05, 3.63) is 33.7 Å². The van der Waals surface area contributed by atoms with Gasteiger partial charge in [-0.1, -0.05) is 43.5 Å². The van der Waals surface area contributed by atoms with Gasteiger partial charge in [0.2, 0.25) is 0 Å². The van der Waals surface area contributed by atoms with E-state index in [1.807, 2.05) is 12.1 Å². The molecule has 1 aliphatic heterocycles. The van der Waals surface area contributed by atoms with Crippen LogP contribution in [0.1, 0.15) is 38.2 Å². The number of hydrogen-bond donors (Lipinski definition) is 1. The summed E-state index contributed by atoms with van der Waals surface area (Å²) in [6.07, 6.45) is 6.54. The summed E-state index contributed by atoms with van der Waals surface area (Å²) in [5, 5.41) is 2.35. The van der Waals surface area contributed by atoms with Crippen LogP contribution in [0.3, 0.4) is 0 Å². The van der Waals surface area contributed by atoms with Crippen molar-refractivity contribution in [1.29, 1.82) is 0 Å². The van der Waals surface area contributed by atoms with Gasteiger partial charge in [0.05, 0.1) is 16.5 Å². The van der Waals surface area contributed by atoms with Crippen LogP contribution in [0.15, 0.2) is 23.1 Å². The molecule has 0 radical (unpaired) electrons. The SMILES string of the molecule is CC1CCC(COc2cccc(/C=C3\SC(=O)NC3=O)c2Cl)CC1. The maximum atomic E-state index is 11.6. The molecule has 0 atom stereocenters. The average Bonchev–Trinajstić information content (AvgIpc) is 2.87. The third kappa shape index (κ3) is 4.14. The van der Waals surface area contributed by atoms with E-state index in [2.05, 4.69) is 12.2 Å². The lowest BCUT2D eigenvalue weighted by Crippen LogP contribution is -2.18. The van der Waals surface area contributed by atoms with E-state index >= 15 is 0 Å². The largest absolute Gasteiger partial charge is 0.492 e. The van der Waals surface area contributed by atoms with Crippen molar-refractivity contribution in [3.63, 3.8) is 0 Å². The Balaban J connectivity index is 1.68. The number of thioether (sulfide) groups is 1. The number of ether oxygens (including phenoxy) is 1. The summed E-state index contributed by atoms with van der Waals surface area (Å²) in [6, 6.07) is 5.49. The van der Waals surface area contributed by atoms with E-state index in [4.69, 9.17) is 16.3 Å². The van der Waals surface area contributed by atoms with Gasteiger partial charge in [-0.25, -0.2) is 0 Å². The van der Waals surface area contributed by atoms with Crippen LogP contribution in [0, 0.1) is 11.8 Å². The van der Waals surface area contributed by atoms with E-state index in [0.29, 0.717) is 33.8 Å². The lowest BCUT2D eigenvalue weighted by Gasteiger charge is -2.26. The third-order valence-corrected chi connectivity index (χ3v) is 5.75. The van der Waals surface area contributed by atoms with Crippen LogP contribution in [0.5, 0.6) is 5.75 Å². The first-order valence-electron chi connectivity index (χ1n) is 8.19. The number of halogens is 1. The quantitative estimate of drug-likeness (QED) is 0.773. The van der Waals surface area contributed by atoms with Crippen LogP contribution in [-0.4, -0.2) is 17.8 Å². The van der Waals surface area contributed by atoms with Crippen molar-refractivity contribution in [2.75, 3.05) is 6.61 Å². The molecule has 3 rings (SSSR count). The number of imide groups is 1. The molecule has 1 aromatic rings. The first-order chi connectivity index (χ1) is 11.5. The summed E-state index contributed by atoms with van der Waals surface area (Å²) >= 11 is 7.30. The Morgan fingerprint density at radius 1 is 1.29 bits per heavy atom. The van der Waals surface area contributed by atoms with Crippen molar-refractivity contribution in [2.45, 2.75) is 32.6 Å². The molecule has 0 unspecified atom stereocenters. The highest BCUT2D eigenvalue weighted by molar-refractivity contribution is 8.18. The molecule has 1 aliphatic carbocycles. The minimum Gasteiger partial charge on any atom is -0.492 e. The van der Waals surface area contributed by atoms with Crippen LogP contribution >= 0.6 is 23.4 Å². The van der Waals surface area contributed by atoms with Gasteiger partial charge in [0.15, 0.2) is 0 Å². The van der Waals surface area contributed by atoms with Gasteiger partial charge in [-0.15, -0.1) is 0 Å². The highest BCUT2D eigenvalue weighted by Gasteiger charge is 2.25. The van der Waals surface area contributed by atoms with Crippen LogP contribution in [0.25, 0.3) is 6.08 Å². The second-order valence-electron chi connectivity index (χ2n) is 6.45. The zero-order chi connectivity index (χ0) is 17.1. The van der Waals surface area contributed by atoms with Gasteiger partial charge in [-0.2, -0.15) is 0 Å². The molecule has 1 heterocycles. The summed E-state index contributed by atoms with van der Waals surface area (Å²) in [5.74, 6) is 1.63. The fraction of sp³-hybridized carbons (Fsp3) is 0.444. The highest BCUT2D eigenvalue weighted by atomic mass is 35.5. The molecule has 1 aromatic carbocycles. The second-order valence-corrected chi connectivity index (χ2v) is 7.84. The van der Waals surface area contributed by atoms with E-state index in [1.54, 1.807) is 12.1 Å². The van der Waals surface area contributed by atoms with Crippen LogP contribution in [0.4, 0.5) is 4.79 Å². The van der Waals surface area contributed by atoms with Crippen LogP contribution in [-0.2, 0) is 4.79 Å². The Labute approximate surface area is 151 Å². The summed E-state index contributed by atoms with van der Waals surface area (Å²) in [4.78, 5) is 23.2. The topological polar surface area (TPSA) is 55.4 Å². The Bertz CT molecular complexity index is 681. The van der Waals surface area contributed by atoms with E-state index in [0.717, 1.165) is 17.7 Å². The fourth-order valence-corrected chi connectivity index (χ4v) is 3.92. The molecule has 6 heteroatoms. The van der Waals surface area contributed by atoms with Gasteiger partial charge < -0.3 is 4.74 Å². The van der Waals surface area contributed by atoms with E-state index < -0.39 is 0 Å². The molecule has 2 amide bonds. The monoisotopic (exact) mass is 365 g/mol. The molecule has 0 spiro atoms. The Hall–Kier alpha value is -1.46. The highest BCUT2D eigenvalue weighted by Crippen LogP contribution is 2.34. The summed E-state index contributed by atoms with van der Waals surface area (Å²) < 4.78 is 5.93. The molecule has 4 nitrogen and oxygen atoms in total. The lowest BCUT2D eigenvalue weighted by molar-refractivity contribution is -0.115. The van der Waals surface area contributed by atoms with Crippen LogP contribution < -0.4 is 10.1 Å². The number of hydrogen-bond acceptors (Lipinski definition) is 4. The summed E-state index contributed by atoms with van der Waals surface area (Å²) in [7, 11) is 0. The zero-order valence-corrected chi connectivity index (χ0v) is 15.1. The number of benzene rings is 1. The minimum atomic E-state index is -0.385. The second kappa shape index (κ2) is 7.62. The average molecular weight is 366 g/mol. The standard InChI is InChI=1S/C18H20ClNO3S/c1-11-5-7-12(8-6-11)10-23-14-4-2-3-13(16(14)19)9-15-17(21)20-18(22)24-15/h2-4,9,11-12H,5-8,10H2,1H3,(H,20,21,22)/b15-9-. The van der Waals surface area contributed by atoms with Crippen molar-refractivity contribution in [1.82, 2.24) is 5.32 Å². The van der Waals surface area contributed by atoms with Crippen molar-refractivity contribution in [3.8, 4) is 5.75 Å². The first-order valence-corrected chi connectivity index (χ1v) is 9.38. The Kier molecular flexibility index (Phi) is 5.51. The molecule has 128 valence electrons. The Morgan fingerprint density at radius 3 is 2.71 bits per heavy atom. The maximum Gasteiger partial charge on any atom is 0.290 e. The number of nitrogens with one attached hydrogen (secondary N) is 1. The molecule has 1 N–H and O–H groups in total. The number of carbonyl (C=O) groups excluding carboxylic acids is 2. The maximum absolute atomic E-state index is 11.6. The van der Waals surface area contributed by atoms with Gasteiger partial charge in [-0.3, -0.25) is 14.9 Å². The molecule has 2 aliphatic rings. The minimum absolute atomic E-state index is 0.348. The van der Waals surface area contributed by atoms with E-state index in [1.165, 1.54) is 25.7 Å². The predicted octanol–water partition coefficient (Wildman–Crippen LogP) is 4.87. The molecule has 2 fully saturated rings. The smallest absolute Gasteiger partial charge is 0.290 e. The third-order valence-electron chi connectivity index (χ3n) is 4.53. The van der Waals surface area contributed by atoms with Crippen molar-refractivity contribution < 1.29 is 14.3 Å². The fourth-order valence-electron chi connectivity index (χ4n) is 3.02. The lowest BCUT2D eigenvalue weighted by atomic mass is 9.83. The first kappa shape index (κ1) is 17.4. The van der Waals surface area contributed by atoms with Crippen LogP contribution in [0.2, 0.25) is 5.02 Å². The Morgan fingerprint density at radius 2 is 2.04 bits per heavy atom. The molecule has 1 saturated carbocycles. The molecule has 1 saturated heterocycles. The summed E-state index contributed by atoms with van der Waals surface area (Å²) in [5.41, 5.74) is 0.679. The number of carbonyl (C=O) groups is 2. The molecule has 24 heavy (non-hydrogen) atoms. The van der Waals surface area contributed by atoms with Crippen molar-refractivity contribution in [2.24, 2.45) is 11.8 Å². The van der Waals surface area contributed by atoms with Gasteiger partial charge in [0, 0.05) is 0 Å². The molecular weight excluding hydrogens is 346 g/mol. The van der Waals surface area contributed by atoms with Gasteiger partial charge in [0.1, 0.15) is 5.75 Å². The molecular formula is C18H20ClNO3S.